The Bertz CT molecular complexity index is 1720. The molecule has 2 N–H and O–H groups in total. The minimum atomic E-state index is -1.00. The smallest absolute Gasteiger partial charge is 0.301 e. The van der Waals surface area contributed by atoms with Gasteiger partial charge in [-0.05, 0) is 66.9 Å². The standard InChI is InChI=1S/C28H21FN2O5S.C2H4O2/c1-14-11-15(2)23-21(12-14)37-28(30-23)31-24(16-3-6-18(29)7-4-16)22(26(33)27(31)34)25(32)17-5-8-19-20(13-17)36-10-9-35-19;1-2(3)4/h3-8,11-13,24,32H,9-10H2,1-2H3;1H3,(H,3,4). The highest BCUT2D eigenvalue weighted by Crippen LogP contribution is 2.45. The Morgan fingerprint density at radius 1 is 1.00 bits per heavy atom. The number of hydrogen-bond donors (Lipinski definition) is 2. The van der Waals surface area contributed by atoms with E-state index >= 15 is 0 Å². The zero-order valence-electron chi connectivity index (χ0n) is 22.3. The van der Waals surface area contributed by atoms with E-state index in [1.54, 1.807) is 18.2 Å². The van der Waals surface area contributed by atoms with Crippen molar-refractivity contribution in [2.24, 2.45) is 0 Å². The molecule has 1 saturated heterocycles. The lowest BCUT2D eigenvalue weighted by Gasteiger charge is -2.23. The van der Waals surface area contributed by atoms with Gasteiger partial charge in [-0.1, -0.05) is 29.5 Å². The van der Waals surface area contributed by atoms with Crippen LogP contribution in [-0.2, 0) is 14.4 Å². The maximum Gasteiger partial charge on any atom is 0.301 e. The number of hydrogen-bond acceptors (Lipinski definition) is 8. The van der Waals surface area contributed by atoms with Crippen LogP contribution < -0.4 is 14.4 Å². The summed E-state index contributed by atoms with van der Waals surface area (Å²) in [6.07, 6.45) is 0. The molecule has 210 valence electrons. The zero-order chi connectivity index (χ0) is 29.4. The van der Waals surface area contributed by atoms with E-state index < -0.39 is 29.5 Å². The Morgan fingerprint density at radius 3 is 2.34 bits per heavy atom. The number of rotatable bonds is 3. The van der Waals surface area contributed by atoms with Crippen molar-refractivity contribution in [2.45, 2.75) is 26.8 Å². The number of carboxylic acids is 1. The summed E-state index contributed by atoms with van der Waals surface area (Å²) < 4.78 is 25.9. The maximum absolute atomic E-state index is 13.8. The summed E-state index contributed by atoms with van der Waals surface area (Å²) in [4.78, 5) is 41.8. The molecule has 9 nitrogen and oxygen atoms in total. The lowest BCUT2D eigenvalue weighted by atomic mass is 9.95. The van der Waals surface area contributed by atoms with E-state index in [1.807, 2.05) is 26.0 Å². The molecule has 1 amide bonds. The highest BCUT2D eigenvalue weighted by atomic mass is 32.1. The summed E-state index contributed by atoms with van der Waals surface area (Å²) in [7, 11) is 0. The molecule has 3 heterocycles. The SMILES string of the molecule is CC(=O)O.Cc1cc(C)c2nc(N3C(=O)C(=O)C(=C(O)c4ccc5c(c4)OCCO5)C3c3ccc(F)cc3)sc2c1. The molecule has 11 heteroatoms. The van der Waals surface area contributed by atoms with E-state index in [4.69, 9.17) is 24.4 Å². The van der Waals surface area contributed by atoms with Crippen molar-refractivity contribution in [1.29, 1.82) is 0 Å². The maximum atomic E-state index is 13.8. The number of aromatic nitrogens is 1. The van der Waals surface area contributed by atoms with Crippen molar-refractivity contribution in [2.75, 3.05) is 18.1 Å². The average Bonchev–Trinajstić information content (AvgIpc) is 3.46. The largest absolute Gasteiger partial charge is 0.507 e. The first-order chi connectivity index (χ1) is 19.5. The molecule has 41 heavy (non-hydrogen) atoms. The van der Waals surface area contributed by atoms with Gasteiger partial charge in [-0.2, -0.15) is 0 Å². The number of carbonyl (C=O) groups is 3. The first-order valence-electron chi connectivity index (χ1n) is 12.6. The number of amides is 1. The highest BCUT2D eigenvalue weighted by Gasteiger charge is 2.48. The molecule has 1 fully saturated rings. The second-order valence-electron chi connectivity index (χ2n) is 9.52. The van der Waals surface area contributed by atoms with E-state index in [-0.39, 0.29) is 11.3 Å². The van der Waals surface area contributed by atoms with E-state index in [1.165, 1.54) is 40.5 Å². The van der Waals surface area contributed by atoms with Crippen LogP contribution in [0, 0.1) is 19.7 Å². The Hall–Kier alpha value is -4.77. The van der Waals surface area contributed by atoms with Gasteiger partial charge in [0, 0.05) is 12.5 Å². The second kappa shape index (κ2) is 11.0. The number of nitrogens with zero attached hydrogens (tertiary/aromatic N) is 2. The van der Waals surface area contributed by atoms with Gasteiger partial charge in [-0.15, -0.1) is 0 Å². The molecule has 0 radical (unpaired) electrons. The zero-order valence-corrected chi connectivity index (χ0v) is 23.1. The van der Waals surface area contributed by atoms with Gasteiger partial charge in [0.05, 0.1) is 21.8 Å². The molecule has 0 spiro atoms. The predicted molar refractivity (Wildman–Crippen MR) is 151 cm³/mol. The number of ketones is 1. The monoisotopic (exact) mass is 576 g/mol. The van der Waals surface area contributed by atoms with E-state index in [9.17, 15) is 19.1 Å². The van der Waals surface area contributed by atoms with Crippen LogP contribution in [0.15, 0.2) is 60.2 Å². The number of anilines is 1. The number of aryl methyl sites for hydroxylation is 2. The van der Waals surface area contributed by atoms with Crippen LogP contribution in [0.2, 0.25) is 0 Å². The Balaban J connectivity index is 0.000000794. The molecule has 1 aromatic heterocycles. The molecular formula is C30H25FN2O7S. The second-order valence-corrected chi connectivity index (χ2v) is 10.5. The molecular weight excluding hydrogens is 551 g/mol. The number of benzene rings is 3. The van der Waals surface area contributed by atoms with Crippen molar-refractivity contribution in [3.63, 3.8) is 0 Å². The lowest BCUT2D eigenvalue weighted by molar-refractivity contribution is -0.134. The third kappa shape index (κ3) is 5.36. The number of carbonyl (C=O) groups excluding carboxylic acids is 2. The molecule has 1 unspecified atom stereocenters. The van der Waals surface area contributed by atoms with Crippen molar-refractivity contribution >= 4 is 50.1 Å². The molecule has 3 aromatic carbocycles. The molecule has 2 aliphatic heterocycles. The molecule has 0 bridgehead atoms. The van der Waals surface area contributed by atoms with Crippen LogP contribution in [0.3, 0.4) is 0 Å². The fraction of sp³-hybridized carbons (Fsp3) is 0.200. The summed E-state index contributed by atoms with van der Waals surface area (Å²) in [6.45, 7) is 5.76. The fourth-order valence-electron chi connectivity index (χ4n) is 4.80. The van der Waals surface area contributed by atoms with Crippen molar-refractivity contribution in [3.05, 3.63) is 88.2 Å². The summed E-state index contributed by atoms with van der Waals surface area (Å²) in [5, 5.41) is 19.1. The Morgan fingerprint density at radius 2 is 1.66 bits per heavy atom. The number of aliphatic hydroxyl groups is 1. The van der Waals surface area contributed by atoms with Gasteiger partial charge in [-0.3, -0.25) is 19.3 Å². The summed E-state index contributed by atoms with van der Waals surface area (Å²) in [6, 6.07) is 13.3. The van der Waals surface area contributed by atoms with Crippen LogP contribution in [0.5, 0.6) is 11.5 Å². The summed E-state index contributed by atoms with van der Waals surface area (Å²) in [5.41, 5.74) is 3.38. The van der Waals surface area contributed by atoms with Crippen LogP contribution >= 0.6 is 11.3 Å². The fourth-order valence-corrected chi connectivity index (χ4v) is 5.97. The normalized spacial score (nSPS) is 17.4. The van der Waals surface area contributed by atoms with Crippen LogP contribution in [0.4, 0.5) is 9.52 Å². The van der Waals surface area contributed by atoms with E-state index in [0.717, 1.165) is 28.3 Å². The highest BCUT2D eigenvalue weighted by molar-refractivity contribution is 7.22. The number of ether oxygens (including phenoxy) is 2. The quantitative estimate of drug-likeness (QED) is 0.185. The van der Waals surface area contributed by atoms with Crippen LogP contribution in [0.25, 0.3) is 16.0 Å². The number of Topliss-reactive ketones (excluding diaryl/α,β-unsaturated/α-hetero) is 1. The van der Waals surface area contributed by atoms with Crippen LogP contribution in [0.1, 0.15) is 35.2 Å². The third-order valence-corrected chi connectivity index (χ3v) is 7.47. The lowest BCUT2D eigenvalue weighted by Crippen LogP contribution is -2.29. The van der Waals surface area contributed by atoms with Crippen molar-refractivity contribution < 1.29 is 38.5 Å². The number of halogens is 1. The third-order valence-electron chi connectivity index (χ3n) is 6.47. The van der Waals surface area contributed by atoms with Gasteiger partial charge in [0.2, 0.25) is 0 Å². The number of aliphatic hydroxyl groups excluding tert-OH is 1. The van der Waals surface area contributed by atoms with Gasteiger partial charge in [0.1, 0.15) is 24.8 Å². The number of carboxylic acid groups (broad SMARTS) is 1. The summed E-state index contributed by atoms with van der Waals surface area (Å²) >= 11 is 1.29. The van der Waals surface area contributed by atoms with E-state index in [0.29, 0.717) is 41.0 Å². The number of thiazole rings is 1. The number of fused-ring (bicyclic) bond motifs is 2. The first kappa shape index (κ1) is 27.8. The molecule has 2 aliphatic rings. The molecule has 0 aliphatic carbocycles. The van der Waals surface area contributed by atoms with Gasteiger partial charge in [-0.25, -0.2) is 9.37 Å². The molecule has 1 atom stereocenters. The van der Waals surface area contributed by atoms with Gasteiger partial charge in [0.15, 0.2) is 16.6 Å². The van der Waals surface area contributed by atoms with E-state index in [2.05, 4.69) is 0 Å². The first-order valence-corrected chi connectivity index (χ1v) is 13.4. The van der Waals surface area contributed by atoms with Gasteiger partial charge < -0.3 is 19.7 Å². The molecule has 4 aromatic rings. The minimum Gasteiger partial charge on any atom is -0.507 e. The van der Waals surface area contributed by atoms with Gasteiger partial charge >= 0.3 is 5.91 Å². The Kier molecular flexibility index (Phi) is 7.46. The van der Waals surface area contributed by atoms with Gasteiger partial charge in [0.25, 0.3) is 11.8 Å². The van der Waals surface area contributed by atoms with Crippen molar-refractivity contribution in [1.82, 2.24) is 4.98 Å². The molecule has 0 saturated carbocycles. The predicted octanol–water partition coefficient (Wildman–Crippen LogP) is 5.54. The number of aliphatic carboxylic acids is 1. The minimum absolute atomic E-state index is 0.111. The average molecular weight is 577 g/mol. The summed E-state index contributed by atoms with van der Waals surface area (Å²) in [5.74, 6) is -2.37. The topological polar surface area (TPSA) is 126 Å². The van der Waals surface area contributed by atoms with Crippen LogP contribution in [-0.4, -0.2) is 46.1 Å². The van der Waals surface area contributed by atoms with Crippen molar-refractivity contribution in [3.8, 4) is 11.5 Å². The molecule has 6 rings (SSSR count). The Labute approximate surface area is 238 Å².